The lowest BCUT2D eigenvalue weighted by Gasteiger charge is -2.24. The molecule has 0 aromatic heterocycles. The first-order chi connectivity index (χ1) is 8.24. The summed E-state index contributed by atoms with van der Waals surface area (Å²) in [5, 5.41) is 0. The van der Waals surface area contributed by atoms with Gasteiger partial charge >= 0.3 is 11.3 Å². The highest BCUT2D eigenvalue weighted by Gasteiger charge is 2.32. The predicted octanol–water partition coefficient (Wildman–Crippen LogP) is 2.38. The second-order valence-electron chi connectivity index (χ2n) is 3.23. The van der Waals surface area contributed by atoms with Gasteiger partial charge < -0.3 is 4.18 Å². The predicted molar refractivity (Wildman–Crippen MR) is 69.2 cm³/mol. The number of carbonyl (C=O) groups is 1. The lowest BCUT2D eigenvalue weighted by Crippen LogP contribution is -2.34. The number of hydrogen-bond acceptors (Lipinski definition) is 4. The van der Waals surface area contributed by atoms with Crippen molar-refractivity contribution in [2.45, 2.75) is 6.42 Å². The zero-order valence-electron chi connectivity index (χ0n) is 8.80. The van der Waals surface area contributed by atoms with Crippen molar-refractivity contribution in [1.82, 2.24) is 3.71 Å². The molecule has 0 fully saturated rings. The molecule has 1 atom stereocenters. The molecule has 1 aromatic rings. The molecule has 1 aliphatic heterocycles. The highest BCUT2D eigenvalue weighted by molar-refractivity contribution is 8.06. The normalized spacial score (nSPS) is 18.8. The Morgan fingerprint density at radius 1 is 1.41 bits per heavy atom. The van der Waals surface area contributed by atoms with Gasteiger partial charge in [-0.3, -0.25) is 4.79 Å². The van der Waals surface area contributed by atoms with Crippen LogP contribution in [0.1, 0.15) is 16.8 Å². The maximum Gasteiger partial charge on any atom is 0.332 e. The topological polar surface area (TPSA) is 46.6 Å². The number of benzene rings is 1. The third-order valence-electron chi connectivity index (χ3n) is 2.07. The van der Waals surface area contributed by atoms with E-state index in [2.05, 4.69) is 0 Å². The first-order valence-electron chi connectivity index (χ1n) is 4.96. The van der Waals surface area contributed by atoms with Crippen molar-refractivity contribution in [1.29, 1.82) is 0 Å². The van der Waals surface area contributed by atoms with Crippen LogP contribution in [0.15, 0.2) is 24.3 Å². The molecule has 1 aromatic carbocycles. The molecule has 1 unspecified atom stereocenters. The third kappa shape index (κ3) is 2.75. The zero-order valence-corrected chi connectivity index (χ0v) is 11.2. The van der Waals surface area contributed by atoms with Gasteiger partial charge in [0, 0.05) is 11.6 Å². The van der Waals surface area contributed by atoms with Gasteiger partial charge in [0.15, 0.2) is 5.75 Å². The highest BCUT2D eigenvalue weighted by Crippen LogP contribution is 2.30. The van der Waals surface area contributed by atoms with Crippen LogP contribution >= 0.6 is 23.5 Å². The van der Waals surface area contributed by atoms with Crippen molar-refractivity contribution in [3.05, 3.63) is 29.8 Å². The molecule has 1 aliphatic rings. The molecule has 17 heavy (non-hydrogen) atoms. The molecular formula is C10H10ClNO3S2. The fraction of sp³-hybridized carbons (Fsp3) is 0.300. The van der Waals surface area contributed by atoms with Crippen LogP contribution in [0.3, 0.4) is 0 Å². The van der Waals surface area contributed by atoms with Gasteiger partial charge in [-0.05, 0) is 30.5 Å². The summed E-state index contributed by atoms with van der Waals surface area (Å²) in [5.74, 6) is 1.22. The lowest BCUT2D eigenvalue weighted by molar-refractivity contribution is 0.0918. The van der Waals surface area contributed by atoms with E-state index in [9.17, 15) is 9.00 Å². The molecule has 0 radical (unpaired) electrons. The molecule has 0 aliphatic carbocycles. The first-order valence-corrected chi connectivity index (χ1v) is 7.47. The fourth-order valence-electron chi connectivity index (χ4n) is 1.30. The highest BCUT2D eigenvalue weighted by atomic mass is 35.5. The number of carbonyl (C=O) groups excluding carboxylic acids is 1. The smallest absolute Gasteiger partial charge is 0.332 e. The van der Waals surface area contributed by atoms with E-state index < -0.39 is 11.3 Å². The second kappa shape index (κ2) is 5.75. The Balaban J connectivity index is 2.16. The summed E-state index contributed by atoms with van der Waals surface area (Å²) in [6.45, 7) is 0. The molecule has 2 rings (SSSR count). The maximum atomic E-state index is 12.0. The number of fused-ring (bicyclic) bond motifs is 1. The van der Waals surface area contributed by atoms with Gasteiger partial charge in [-0.1, -0.05) is 12.1 Å². The van der Waals surface area contributed by atoms with E-state index >= 15 is 0 Å². The average molecular weight is 292 g/mol. The quantitative estimate of drug-likeness (QED) is 0.485. The van der Waals surface area contributed by atoms with Gasteiger partial charge in [-0.15, -0.1) is 11.6 Å². The van der Waals surface area contributed by atoms with Gasteiger partial charge in [0.2, 0.25) is 0 Å². The molecule has 0 N–H and O–H groups in total. The number of hydrogen-bond donors (Lipinski definition) is 0. The monoisotopic (exact) mass is 291 g/mol. The van der Waals surface area contributed by atoms with Crippen LogP contribution in [0.5, 0.6) is 5.75 Å². The molecule has 1 amide bonds. The average Bonchev–Trinajstić information content (AvgIpc) is 2.33. The second-order valence-corrected chi connectivity index (χ2v) is 5.84. The Morgan fingerprint density at radius 2 is 2.18 bits per heavy atom. The van der Waals surface area contributed by atoms with E-state index in [0.29, 0.717) is 22.9 Å². The summed E-state index contributed by atoms with van der Waals surface area (Å²) < 4.78 is 18.0. The third-order valence-corrected chi connectivity index (χ3v) is 4.65. The minimum atomic E-state index is -1.77. The van der Waals surface area contributed by atoms with Crippen LogP contribution in [0.2, 0.25) is 0 Å². The van der Waals surface area contributed by atoms with Gasteiger partial charge in [0.05, 0.1) is 5.56 Å². The minimum absolute atomic E-state index is 0.287. The number of nitrogens with zero attached hydrogens (tertiary/aromatic N) is 1. The van der Waals surface area contributed by atoms with Crippen LogP contribution < -0.4 is 4.18 Å². The van der Waals surface area contributed by atoms with E-state index in [1.54, 1.807) is 24.3 Å². The number of para-hydroxylation sites is 1. The first kappa shape index (κ1) is 12.7. The lowest BCUT2D eigenvalue weighted by atomic mass is 10.2. The van der Waals surface area contributed by atoms with Crippen LogP contribution in [-0.2, 0) is 11.3 Å². The van der Waals surface area contributed by atoms with Gasteiger partial charge in [0.1, 0.15) is 0 Å². The number of halogens is 1. The van der Waals surface area contributed by atoms with Crippen molar-refractivity contribution in [3.8, 4) is 5.75 Å². The van der Waals surface area contributed by atoms with Gasteiger partial charge in [-0.2, -0.15) is 7.92 Å². The largest absolute Gasteiger partial charge is 0.383 e. The molecule has 0 bridgehead atoms. The molecule has 92 valence electrons. The fourth-order valence-corrected chi connectivity index (χ4v) is 3.50. The molecule has 0 spiro atoms. The molecule has 0 saturated carbocycles. The Labute approximate surface area is 111 Å². The number of alkyl halides is 1. The summed E-state index contributed by atoms with van der Waals surface area (Å²) in [4.78, 5) is 12.0. The van der Waals surface area contributed by atoms with Crippen molar-refractivity contribution in [3.63, 3.8) is 0 Å². The Morgan fingerprint density at radius 3 is 2.94 bits per heavy atom. The van der Waals surface area contributed by atoms with Gasteiger partial charge in [0.25, 0.3) is 5.91 Å². The summed E-state index contributed by atoms with van der Waals surface area (Å²) in [6.07, 6.45) is 0.745. The molecule has 7 heteroatoms. The zero-order chi connectivity index (χ0) is 12.3. The van der Waals surface area contributed by atoms with Crippen molar-refractivity contribution in [2.24, 2.45) is 0 Å². The van der Waals surface area contributed by atoms with E-state index in [0.717, 1.165) is 10.1 Å². The molecule has 1 heterocycles. The standard InChI is InChI=1S/C10H10ClNO3S2/c11-6-3-7-16-12-10(13)8-4-1-2-5-9(8)15-17(12)14/h1-2,4-5H,3,6-7H2. The number of amides is 1. The summed E-state index contributed by atoms with van der Waals surface area (Å²) in [7, 11) is 0. The van der Waals surface area contributed by atoms with Gasteiger partial charge in [-0.25, -0.2) is 0 Å². The van der Waals surface area contributed by atoms with Crippen molar-refractivity contribution >= 4 is 40.7 Å². The SMILES string of the molecule is O=C1c2ccccc2OS(=O)N1SCCCCl. The number of rotatable bonds is 4. The summed E-state index contributed by atoms with van der Waals surface area (Å²) in [5.41, 5.74) is 0.436. The van der Waals surface area contributed by atoms with E-state index in [1.807, 2.05) is 0 Å². The van der Waals surface area contributed by atoms with E-state index in [1.165, 1.54) is 11.9 Å². The maximum absolute atomic E-state index is 12.0. The molecule has 4 nitrogen and oxygen atoms in total. The van der Waals surface area contributed by atoms with Crippen molar-refractivity contribution < 1.29 is 13.2 Å². The van der Waals surface area contributed by atoms with Crippen LogP contribution in [0.4, 0.5) is 0 Å². The van der Waals surface area contributed by atoms with E-state index in [-0.39, 0.29) is 5.91 Å². The van der Waals surface area contributed by atoms with Crippen LogP contribution in [0, 0.1) is 0 Å². The van der Waals surface area contributed by atoms with E-state index in [4.69, 9.17) is 15.8 Å². The Bertz CT molecular complexity index is 455. The Kier molecular flexibility index (Phi) is 4.31. The van der Waals surface area contributed by atoms with Crippen LogP contribution in [0.25, 0.3) is 0 Å². The molecule has 0 saturated heterocycles. The summed E-state index contributed by atoms with van der Waals surface area (Å²) >= 11 is 4.96. The summed E-state index contributed by atoms with van der Waals surface area (Å²) in [6, 6.07) is 6.77. The van der Waals surface area contributed by atoms with Crippen molar-refractivity contribution in [2.75, 3.05) is 11.6 Å². The van der Waals surface area contributed by atoms with Crippen LogP contribution in [-0.4, -0.2) is 25.5 Å². The minimum Gasteiger partial charge on any atom is -0.383 e. The molecular weight excluding hydrogens is 282 g/mol. The Hall–Kier alpha value is -0.720.